The van der Waals surface area contributed by atoms with Crippen molar-refractivity contribution in [2.75, 3.05) is 11.5 Å². The molecule has 0 saturated heterocycles. The van der Waals surface area contributed by atoms with Crippen LogP contribution >= 0.6 is 0 Å². The second-order valence-electron chi connectivity index (χ2n) is 12.4. The maximum Gasteiger partial charge on any atom is 2.00 e. The van der Waals surface area contributed by atoms with E-state index in [0.717, 1.165) is 51.4 Å². The van der Waals surface area contributed by atoms with Crippen LogP contribution in [0.3, 0.4) is 0 Å². The zero-order valence-corrected chi connectivity index (χ0v) is 33.3. The minimum Gasteiger partial charge on any atom is -0.748 e. The second-order valence-corrected chi connectivity index (χ2v) is 15.4. The van der Waals surface area contributed by atoms with E-state index in [9.17, 15) is 25.9 Å². The first-order valence-electron chi connectivity index (χ1n) is 18.3. The molecule has 0 N–H and O–H groups in total. The number of hydrogen-bond acceptors (Lipinski definition) is 6. The van der Waals surface area contributed by atoms with Gasteiger partial charge in [0.1, 0.15) is 0 Å². The molecule has 0 amide bonds. The topological polar surface area (TPSA) is 114 Å². The Balaban J connectivity index is -0.000000767. The van der Waals surface area contributed by atoms with Gasteiger partial charge in [-0.25, -0.2) is 16.8 Å². The first-order valence-corrected chi connectivity index (χ1v) is 21.4. The Morgan fingerprint density at radius 2 is 0.556 bits per heavy atom. The van der Waals surface area contributed by atoms with Crippen molar-refractivity contribution in [3.63, 3.8) is 0 Å². The van der Waals surface area contributed by atoms with E-state index in [-0.39, 0.29) is 49.2 Å². The van der Waals surface area contributed by atoms with Crippen molar-refractivity contribution in [3.8, 4) is 0 Å². The monoisotopic (exact) mass is 702 g/mol. The molecular formula is C36H70CaO6S2. The zero-order valence-electron chi connectivity index (χ0n) is 29.5. The summed E-state index contributed by atoms with van der Waals surface area (Å²) in [5.74, 6) is -0.400. The predicted octanol–water partition coefficient (Wildman–Crippen LogP) is 10.8. The van der Waals surface area contributed by atoms with Gasteiger partial charge in [-0.05, 0) is 64.2 Å². The van der Waals surface area contributed by atoms with E-state index in [1.54, 1.807) is 0 Å². The molecule has 0 aliphatic carbocycles. The molecule has 0 fully saturated rings. The van der Waals surface area contributed by atoms with Crippen molar-refractivity contribution < 1.29 is 25.9 Å². The van der Waals surface area contributed by atoms with Crippen LogP contribution in [0.2, 0.25) is 0 Å². The van der Waals surface area contributed by atoms with Gasteiger partial charge in [0, 0.05) is 11.5 Å². The van der Waals surface area contributed by atoms with Crippen molar-refractivity contribution in [2.24, 2.45) is 0 Å². The van der Waals surface area contributed by atoms with E-state index >= 15 is 0 Å². The van der Waals surface area contributed by atoms with Gasteiger partial charge in [0.05, 0.1) is 20.2 Å². The summed E-state index contributed by atoms with van der Waals surface area (Å²) in [5.41, 5.74) is 0. The molecule has 0 aliphatic heterocycles. The first-order chi connectivity index (χ1) is 21.1. The third kappa shape index (κ3) is 54.3. The molecule has 0 bridgehead atoms. The Kier molecular flexibility index (Phi) is 43.3. The molecule has 0 aromatic rings. The minimum absolute atomic E-state index is 0. The first kappa shape index (κ1) is 49.9. The van der Waals surface area contributed by atoms with Crippen molar-refractivity contribution in [3.05, 3.63) is 24.3 Å². The summed E-state index contributed by atoms with van der Waals surface area (Å²) >= 11 is 0. The van der Waals surface area contributed by atoms with Gasteiger partial charge in [-0.2, -0.15) is 0 Å². The Hall–Kier alpha value is 0.560. The third-order valence-corrected chi connectivity index (χ3v) is 9.39. The fraction of sp³-hybridized carbons (Fsp3) is 0.889. The van der Waals surface area contributed by atoms with Crippen LogP contribution in [-0.2, 0) is 20.2 Å². The number of rotatable bonds is 32. The standard InChI is InChI=1S/2C18H36O3S.Ca/c2*1-2-3-4-5-6-7-8-9-10-11-12-13-14-15-16-17-18-22(19,20)21;/h2*9-10H,2-8,11-18H2,1H3,(H,19,20,21);/q;;+2/p-2/b2*10-9-;. The molecule has 0 spiro atoms. The zero-order chi connectivity index (χ0) is 33.0. The normalized spacial score (nSPS) is 12.0. The smallest absolute Gasteiger partial charge is 0.748 e. The van der Waals surface area contributed by atoms with Gasteiger partial charge in [-0.1, -0.05) is 154 Å². The quantitative estimate of drug-likeness (QED) is 0.0298. The van der Waals surface area contributed by atoms with Crippen molar-refractivity contribution in [1.82, 2.24) is 0 Å². The van der Waals surface area contributed by atoms with Crippen LogP contribution < -0.4 is 0 Å². The van der Waals surface area contributed by atoms with E-state index in [0.29, 0.717) is 12.8 Å². The fourth-order valence-corrected chi connectivity index (χ4v) is 6.17. The van der Waals surface area contributed by atoms with Gasteiger partial charge in [-0.15, -0.1) is 0 Å². The van der Waals surface area contributed by atoms with E-state index in [1.165, 1.54) is 116 Å². The van der Waals surface area contributed by atoms with Crippen LogP contribution in [0.15, 0.2) is 24.3 Å². The number of hydrogen-bond donors (Lipinski definition) is 0. The van der Waals surface area contributed by atoms with Gasteiger partial charge in [0.25, 0.3) is 0 Å². The number of allylic oxidation sites excluding steroid dienone is 4. The predicted molar refractivity (Wildman–Crippen MR) is 194 cm³/mol. The number of unbranched alkanes of at least 4 members (excludes halogenated alkanes) is 24. The molecule has 9 heteroatoms. The molecule has 0 rings (SSSR count). The Bertz CT molecular complexity index is 772. The second kappa shape index (κ2) is 39.0. The molecule has 0 saturated carbocycles. The van der Waals surface area contributed by atoms with Crippen molar-refractivity contribution >= 4 is 58.0 Å². The van der Waals surface area contributed by atoms with Gasteiger partial charge < -0.3 is 9.11 Å². The summed E-state index contributed by atoms with van der Waals surface area (Å²) in [7, 11) is -8.01. The molecule has 264 valence electrons. The maximum atomic E-state index is 10.4. The molecule has 0 aromatic carbocycles. The minimum atomic E-state index is -4.00. The average Bonchev–Trinajstić information content (AvgIpc) is 2.96. The largest absolute Gasteiger partial charge is 2.00 e. The van der Waals surface area contributed by atoms with Gasteiger partial charge in [-0.3, -0.25) is 0 Å². The molecule has 0 aromatic heterocycles. The van der Waals surface area contributed by atoms with Crippen molar-refractivity contribution in [2.45, 2.75) is 194 Å². The SMILES string of the molecule is CCCCCCCC/C=C\CCCCCCCCS(=O)(=O)[O-].CCCCCCCC/C=C\CCCCCCCCS(=O)(=O)[O-].[Ca+2]. The molecule has 0 radical (unpaired) electrons. The van der Waals surface area contributed by atoms with Crippen LogP contribution in [0.1, 0.15) is 194 Å². The van der Waals surface area contributed by atoms with Crippen LogP contribution in [-0.4, -0.2) is 75.2 Å². The summed E-state index contributed by atoms with van der Waals surface area (Å²) in [6, 6.07) is 0. The molecule has 6 nitrogen and oxygen atoms in total. The Morgan fingerprint density at radius 1 is 0.356 bits per heavy atom. The molecule has 45 heavy (non-hydrogen) atoms. The van der Waals surface area contributed by atoms with E-state index < -0.39 is 20.2 Å². The van der Waals surface area contributed by atoms with Crippen LogP contribution in [0.25, 0.3) is 0 Å². The third-order valence-electron chi connectivity index (χ3n) is 7.81. The van der Waals surface area contributed by atoms with Gasteiger partial charge in [0.15, 0.2) is 0 Å². The average molecular weight is 703 g/mol. The summed E-state index contributed by atoms with van der Waals surface area (Å²) in [4.78, 5) is 0. The molecule has 0 aliphatic rings. The maximum absolute atomic E-state index is 10.4. The van der Waals surface area contributed by atoms with Crippen LogP contribution in [0.4, 0.5) is 0 Å². The van der Waals surface area contributed by atoms with E-state index in [1.807, 2.05) is 0 Å². The molecular weight excluding hydrogens is 633 g/mol. The van der Waals surface area contributed by atoms with Crippen LogP contribution in [0, 0.1) is 0 Å². The van der Waals surface area contributed by atoms with Gasteiger partial charge in [0.2, 0.25) is 0 Å². The summed E-state index contributed by atoms with van der Waals surface area (Å²) < 4.78 is 62.5. The Labute approximate surface area is 311 Å². The molecule has 0 heterocycles. The van der Waals surface area contributed by atoms with E-state index in [4.69, 9.17) is 0 Å². The summed E-state index contributed by atoms with van der Waals surface area (Å²) in [6.07, 6.45) is 42.2. The molecule has 0 atom stereocenters. The van der Waals surface area contributed by atoms with Gasteiger partial charge >= 0.3 is 37.7 Å². The summed E-state index contributed by atoms with van der Waals surface area (Å²) in [6.45, 7) is 4.50. The van der Waals surface area contributed by atoms with Crippen LogP contribution in [0.5, 0.6) is 0 Å². The summed E-state index contributed by atoms with van der Waals surface area (Å²) in [5, 5.41) is 0. The Morgan fingerprint density at radius 3 is 0.778 bits per heavy atom. The molecule has 0 unspecified atom stereocenters. The fourth-order valence-electron chi connectivity index (χ4n) is 5.05. The van der Waals surface area contributed by atoms with E-state index in [2.05, 4.69) is 38.2 Å². The van der Waals surface area contributed by atoms with Crippen molar-refractivity contribution in [1.29, 1.82) is 0 Å².